The van der Waals surface area contributed by atoms with Crippen LogP contribution >= 0.6 is 0 Å². The Kier molecular flexibility index (Phi) is 3.31. The van der Waals surface area contributed by atoms with Crippen LogP contribution in [0, 0.1) is 0 Å². The summed E-state index contributed by atoms with van der Waals surface area (Å²) < 4.78 is 27.0. The molecule has 0 bridgehead atoms. The molecule has 4 aromatic rings. The standard InChI is InChI=1S/C16H16N6O2S/c1-21(2)25(23,24)22-15-5-3-4-11(13(15)9-18-22)10-6-7-14-12(8-10)16(17)20-19-14/h3-9H,1-2H3,(H3,17,19,20). The maximum atomic E-state index is 12.4. The smallest absolute Gasteiger partial charge is 0.322 e. The van der Waals surface area contributed by atoms with Crippen molar-refractivity contribution in [1.82, 2.24) is 23.7 Å². The van der Waals surface area contributed by atoms with Gasteiger partial charge in [0.2, 0.25) is 0 Å². The summed E-state index contributed by atoms with van der Waals surface area (Å²) in [5, 5.41) is 12.5. The van der Waals surface area contributed by atoms with Crippen molar-refractivity contribution in [3.63, 3.8) is 0 Å². The molecule has 0 saturated heterocycles. The van der Waals surface area contributed by atoms with E-state index in [4.69, 9.17) is 5.73 Å². The van der Waals surface area contributed by atoms with Gasteiger partial charge in [0.1, 0.15) is 0 Å². The molecule has 3 N–H and O–H groups in total. The van der Waals surface area contributed by atoms with E-state index in [2.05, 4.69) is 15.3 Å². The summed E-state index contributed by atoms with van der Waals surface area (Å²) in [7, 11) is -0.739. The normalized spacial score (nSPS) is 12.4. The average molecular weight is 356 g/mol. The SMILES string of the molecule is CN(C)S(=O)(=O)n1ncc2c(-c3ccc4[nH]nc(N)c4c3)cccc21. The van der Waals surface area contributed by atoms with Crippen molar-refractivity contribution in [2.24, 2.45) is 0 Å². The second kappa shape index (κ2) is 5.30. The first-order valence-corrected chi connectivity index (χ1v) is 8.93. The first-order chi connectivity index (χ1) is 11.9. The zero-order valence-corrected chi connectivity index (χ0v) is 14.4. The molecule has 2 heterocycles. The molecule has 2 aromatic heterocycles. The van der Waals surface area contributed by atoms with Crippen molar-refractivity contribution in [1.29, 1.82) is 0 Å². The lowest BCUT2D eigenvalue weighted by molar-refractivity contribution is 0.506. The van der Waals surface area contributed by atoms with Crippen LogP contribution in [0.15, 0.2) is 42.6 Å². The summed E-state index contributed by atoms with van der Waals surface area (Å²) in [5.41, 5.74) is 9.04. The van der Waals surface area contributed by atoms with E-state index in [9.17, 15) is 8.42 Å². The van der Waals surface area contributed by atoms with Gasteiger partial charge < -0.3 is 5.73 Å². The molecule has 2 aromatic carbocycles. The molecular formula is C16H16N6O2S. The highest BCUT2D eigenvalue weighted by Crippen LogP contribution is 2.32. The third kappa shape index (κ3) is 2.28. The molecule has 128 valence electrons. The number of nitrogens with zero attached hydrogens (tertiary/aromatic N) is 4. The second-order valence-corrected chi connectivity index (χ2v) is 7.86. The van der Waals surface area contributed by atoms with Crippen LogP contribution in [0.2, 0.25) is 0 Å². The summed E-state index contributed by atoms with van der Waals surface area (Å²) in [6, 6.07) is 11.2. The Bertz CT molecular complexity index is 1210. The van der Waals surface area contributed by atoms with Crippen LogP contribution < -0.4 is 5.73 Å². The molecule has 9 heteroatoms. The van der Waals surface area contributed by atoms with E-state index in [0.717, 1.165) is 35.8 Å². The third-order valence-corrected chi connectivity index (χ3v) is 5.82. The molecule has 4 rings (SSSR count). The lowest BCUT2D eigenvalue weighted by Gasteiger charge is -2.12. The lowest BCUT2D eigenvalue weighted by atomic mass is 10.0. The topological polar surface area (TPSA) is 110 Å². The van der Waals surface area contributed by atoms with Gasteiger partial charge >= 0.3 is 10.2 Å². The Balaban J connectivity index is 1.96. The van der Waals surface area contributed by atoms with Crippen LogP contribution in [-0.2, 0) is 10.2 Å². The molecule has 0 saturated carbocycles. The van der Waals surface area contributed by atoms with Crippen molar-refractivity contribution < 1.29 is 8.42 Å². The number of anilines is 1. The van der Waals surface area contributed by atoms with Gasteiger partial charge in [0, 0.05) is 24.9 Å². The van der Waals surface area contributed by atoms with E-state index in [-0.39, 0.29) is 0 Å². The molecule has 0 atom stereocenters. The summed E-state index contributed by atoms with van der Waals surface area (Å²) >= 11 is 0. The molecule has 0 spiro atoms. The van der Waals surface area contributed by atoms with Crippen molar-refractivity contribution in [2.45, 2.75) is 0 Å². The number of rotatable bonds is 3. The second-order valence-electron chi connectivity index (χ2n) is 5.89. The molecule has 0 radical (unpaired) electrons. The molecular weight excluding hydrogens is 340 g/mol. The van der Waals surface area contributed by atoms with Crippen molar-refractivity contribution in [2.75, 3.05) is 19.8 Å². The van der Waals surface area contributed by atoms with Crippen molar-refractivity contribution in [3.05, 3.63) is 42.6 Å². The molecule has 0 amide bonds. The fourth-order valence-corrected chi connectivity index (χ4v) is 3.70. The number of benzene rings is 2. The number of nitrogens with two attached hydrogens (primary N) is 1. The summed E-state index contributed by atoms with van der Waals surface area (Å²) in [6.07, 6.45) is 1.56. The minimum atomic E-state index is -3.69. The van der Waals surface area contributed by atoms with E-state index in [1.807, 2.05) is 30.3 Å². The van der Waals surface area contributed by atoms with E-state index in [1.165, 1.54) is 14.1 Å². The summed E-state index contributed by atoms with van der Waals surface area (Å²) in [4.78, 5) is 0. The van der Waals surface area contributed by atoms with E-state index < -0.39 is 10.2 Å². The van der Waals surface area contributed by atoms with E-state index in [1.54, 1.807) is 12.3 Å². The van der Waals surface area contributed by atoms with Crippen LogP contribution in [0.25, 0.3) is 32.9 Å². The Hall–Kier alpha value is -2.91. The Labute approximate surface area is 144 Å². The van der Waals surface area contributed by atoms with Crippen LogP contribution in [0.3, 0.4) is 0 Å². The Morgan fingerprint density at radius 2 is 1.96 bits per heavy atom. The first kappa shape index (κ1) is 15.6. The number of aromatic nitrogens is 4. The van der Waals surface area contributed by atoms with Gasteiger partial charge in [-0.1, -0.05) is 18.2 Å². The maximum Gasteiger partial charge on any atom is 0.322 e. The zero-order valence-electron chi connectivity index (χ0n) is 13.6. The molecule has 0 aliphatic carbocycles. The van der Waals surface area contributed by atoms with Crippen molar-refractivity contribution in [3.8, 4) is 11.1 Å². The Morgan fingerprint density at radius 3 is 2.72 bits per heavy atom. The number of nitrogen functional groups attached to an aromatic ring is 1. The molecule has 25 heavy (non-hydrogen) atoms. The lowest BCUT2D eigenvalue weighted by Crippen LogP contribution is -2.29. The highest BCUT2D eigenvalue weighted by atomic mass is 32.2. The number of nitrogens with one attached hydrogen (secondary N) is 1. The van der Waals surface area contributed by atoms with Gasteiger partial charge in [-0.2, -0.15) is 22.9 Å². The van der Waals surface area contributed by atoms with Gasteiger partial charge in [0.25, 0.3) is 0 Å². The fourth-order valence-electron chi connectivity index (χ4n) is 2.82. The predicted molar refractivity (Wildman–Crippen MR) is 97.2 cm³/mol. The van der Waals surface area contributed by atoms with Crippen LogP contribution in [0.1, 0.15) is 0 Å². The number of fused-ring (bicyclic) bond motifs is 2. The molecule has 8 nitrogen and oxygen atoms in total. The van der Waals surface area contributed by atoms with Crippen molar-refractivity contribution >= 4 is 37.8 Å². The summed E-state index contributed by atoms with van der Waals surface area (Å²) in [5.74, 6) is 0.426. The number of H-pyrrole nitrogens is 1. The highest BCUT2D eigenvalue weighted by molar-refractivity contribution is 7.87. The third-order valence-electron chi connectivity index (χ3n) is 4.16. The van der Waals surface area contributed by atoms with Gasteiger partial charge in [-0.05, 0) is 29.3 Å². The number of hydrogen-bond donors (Lipinski definition) is 2. The number of aromatic amines is 1. The predicted octanol–water partition coefficient (Wildman–Crippen LogP) is 1.82. The molecule has 0 aliphatic rings. The van der Waals surface area contributed by atoms with Gasteiger partial charge in [-0.25, -0.2) is 0 Å². The maximum absolute atomic E-state index is 12.4. The van der Waals surface area contributed by atoms with Crippen LogP contribution in [-0.4, -0.2) is 46.2 Å². The average Bonchev–Trinajstić information content (AvgIpc) is 3.18. The van der Waals surface area contributed by atoms with Gasteiger partial charge in [0.05, 0.1) is 17.2 Å². The Morgan fingerprint density at radius 1 is 1.16 bits per heavy atom. The zero-order chi connectivity index (χ0) is 17.8. The van der Waals surface area contributed by atoms with Crippen LogP contribution in [0.4, 0.5) is 5.82 Å². The van der Waals surface area contributed by atoms with E-state index >= 15 is 0 Å². The van der Waals surface area contributed by atoms with Gasteiger partial charge in [-0.15, -0.1) is 4.09 Å². The molecule has 0 fully saturated rings. The first-order valence-electron chi connectivity index (χ1n) is 7.53. The minimum Gasteiger partial charge on any atom is -0.382 e. The largest absolute Gasteiger partial charge is 0.382 e. The number of hydrogen-bond acceptors (Lipinski definition) is 5. The minimum absolute atomic E-state index is 0.426. The quantitative estimate of drug-likeness (QED) is 0.582. The van der Waals surface area contributed by atoms with Gasteiger partial charge in [0.15, 0.2) is 5.82 Å². The fraction of sp³-hybridized carbons (Fsp3) is 0.125. The van der Waals surface area contributed by atoms with Crippen LogP contribution in [0.5, 0.6) is 0 Å². The summed E-state index contributed by atoms with van der Waals surface area (Å²) in [6.45, 7) is 0. The highest BCUT2D eigenvalue weighted by Gasteiger charge is 2.21. The monoisotopic (exact) mass is 356 g/mol. The molecule has 0 aliphatic heterocycles. The van der Waals surface area contributed by atoms with E-state index in [0.29, 0.717) is 11.3 Å². The van der Waals surface area contributed by atoms with Gasteiger partial charge in [-0.3, -0.25) is 5.10 Å². The molecule has 0 unspecified atom stereocenters.